The molecule has 108 valence electrons. The van der Waals surface area contributed by atoms with Crippen molar-refractivity contribution in [2.75, 3.05) is 0 Å². The number of benzene rings is 1. The Kier molecular flexibility index (Phi) is 4.33. The molecule has 0 aliphatic rings. The van der Waals surface area contributed by atoms with Gasteiger partial charge in [0.2, 0.25) is 11.6 Å². The summed E-state index contributed by atoms with van der Waals surface area (Å²) >= 11 is 0. The second-order valence-electron chi connectivity index (χ2n) is 4.76. The van der Waals surface area contributed by atoms with E-state index < -0.39 is 24.0 Å². The molecule has 5 heteroatoms. The van der Waals surface area contributed by atoms with Crippen molar-refractivity contribution in [2.45, 2.75) is 19.8 Å². The van der Waals surface area contributed by atoms with E-state index in [1.54, 1.807) is 6.07 Å². The normalized spacial score (nSPS) is 10.3. The number of carboxylic acids is 1. The van der Waals surface area contributed by atoms with Crippen LogP contribution in [0.2, 0.25) is 0 Å². The number of carbonyl (C=O) groups is 3. The van der Waals surface area contributed by atoms with Gasteiger partial charge in [0, 0.05) is 6.42 Å². The predicted octanol–water partition coefficient (Wildman–Crippen LogP) is 2.41. The zero-order valence-corrected chi connectivity index (χ0v) is 11.5. The molecule has 0 radical (unpaired) electrons. The molecule has 0 aliphatic heterocycles. The number of carbonyl (C=O) groups excluding carboxylic acids is 2. The summed E-state index contributed by atoms with van der Waals surface area (Å²) < 4.78 is 5.37. The summed E-state index contributed by atoms with van der Waals surface area (Å²) in [6.45, 7) is 1.99. The first kappa shape index (κ1) is 14.7. The van der Waals surface area contributed by atoms with Crippen molar-refractivity contribution in [1.82, 2.24) is 0 Å². The smallest absolute Gasteiger partial charge is 0.372 e. The molecule has 0 saturated heterocycles. The lowest BCUT2D eigenvalue weighted by Crippen LogP contribution is -2.16. The number of rotatable bonds is 6. The van der Waals surface area contributed by atoms with E-state index in [2.05, 4.69) is 0 Å². The fourth-order valence-corrected chi connectivity index (χ4v) is 1.84. The monoisotopic (exact) mass is 286 g/mol. The van der Waals surface area contributed by atoms with Gasteiger partial charge < -0.3 is 9.52 Å². The SMILES string of the molecule is Cc1ccc(Cc2ccc(C(=O)CC(=O)C(=O)O)o2)cc1. The lowest BCUT2D eigenvalue weighted by atomic mass is 10.1. The van der Waals surface area contributed by atoms with Crippen molar-refractivity contribution in [1.29, 1.82) is 0 Å². The van der Waals surface area contributed by atoms with E-state index in [0.29, 0.717) is 12.2 Å². The Hall–Kier alpha value is -2.69. The Morgan fingerprint density at radius 1 is 1.05 bits per heavy atom. The number of ketones is 2. The number of furan rings is 1. The second kappa shape index (κ2) is 6.17. The summed E-state index contributed by atoms with van der Waals surface area (Å²) in [5.74, 6) is -2.79. The summed E-state index contributed by atoms with van der Waals surface area (Å²) in [6, 6.07) is 11.0. The van der Waals surface area contributed by atoms with Crippen LogP contribution in [-0.2, 0) is 16.0 Å². The van der Waals surface area contributed by atoms with E-state index >= 15 is 0 Å². The molecule has 2 aromatic rings. The quantitative estimate of drug-likeness (QED) is 0.500. The van der Waals surface area contributed by atoms with Gasteiger partial charge in [-0.15, -0.1) is 0 Å². The van der Waals surface area contributed by atoms with Gasteiger partial charge in [-0.05, 0) is 24.6 Å². The van der Waals surface area contributed by atoms with Gasteiger partial charge in [0.05, 0.1) is 6.42 Å². The van der Waals surface area contributed by atoms with Crippen LogP contribution in [0.1, 0.15) is 33.9 Å². The largest absolute Gasteiger partial charge is 0.475 e. The molecule has 1 aromatic carbocycles. The molecule has 0 saturated carbocycles. The van der Waals surface area contributed by atoms with Crippen molar-refractivity contribution >= 4 is 17.5 Å². The van der Waals surface area contributed by atoms with Gasteiger partial charge in [-0.1, -0.05) is 29.8 Å². The summed E-state index contributed by atoms with van der Waals surface area (Å²) in [6.07, 6.45) is -0.159. The molecule has 0 atom stereocenters. The minimum Gasteiger partial charge on any atom is -0.475 e. The van der Waals surface area contributed by atoms with Crippen molar-refractivity contribution in [3.8, 4) is 0 Å². The van der Waals surface area contributed by atoms with Crippen molar-refractivity contribution < 1.29 is 23.9 Å². The highest BCUT2D eigenvalue weighted by molar-refractivity contribution is 6.37. The molecule has 0 unspecified atom stereocenters. The highest BCUT2D eigenvalue weighted by atomic mass is 16.4. The van der Waals surface area contributed by atoms with E-state index in [1.165, 1.54) is 6.07 Å². The third-order valence-corrected chi connectivity index (χ3v) is 3.00. The molecule has 1 heterocycles. The van der Waals surface area contributed by atoms with E-state index in [-0.39, 0.29) is 5.76 Å². The average molecular weight is 286 g/mol. The Morgan fingerprint density at radius 3 is 2.33 bits per heavy atom. The third kappa shape index (κ3) is 3.89. The molecule has 1 aromatic heterocycles. The number of aliphatic carboxylic acids is 1. The standard InChI is InChI=1S/C16H14O5/c1-10-2-4-11(5-3-10)8-12-6-7-15(21-12)13(17)9-14(18)16(19)20/h2-7H,8-9H2,1H3,(H,19,20). The van der Waals surface area contributed by atoms with Crippen LogP contribution in [0.5, 0.6) is 0 Å². The van der Waals surface area contributed by atoms with Crippen LogP contribution in [0.3, 0.4) is 0 Å². The van der Waals surface area contributed by atoms with Crippen LogP contribution in [0.15, 0.2) is 40.8 Å². The maximum Gasteiger partial charge on any atom is 0.372 e. The number of aryl methyl sites for hydroxylation is 1. The minimum absolute atomic E-state index is 0.00621. The molecule has 0 aliphatic carbocycles. The maximum absolute atomic E-state index is 11.7. The molecule has 21 heavy (non-hydrogen) atoms. The fourth-order valence-electron chi connectivity index (χ4n) is 1.84. The molecule has 0 amide bonds. The predicted molar refractivity (Wildman–Crippen MR) is 74.3 cm³/mol. The molecule has 2 rings (SSSR count). The van der Waals surface area contributed by atoms with Crippen LogP contribution in [0.25, 0.3) is 0 Å². The van der Waals surface area contributed by atoms with Crippen LogP contribution in [0.4, 0.5) is 0 Å². The van der Waals surface area contributed by atoms with Gasteiger partial charge >= 0.3 is 5.97 Å². The van der Waals surface area contributed by atoms with Crippen LogP contribution in [-0.4, -0.2) is 22.6 Å². The van der Waals surface area contributed by atoms with Gasteiger partial charge in [0.25, 0.3) is 0 Å². The zero-order chi connectivity index (χ0) is 15.4. The first-order chi connectivity index (χ1) is 9.95. The number of hydrogen-bond acceptors (Lipinski definition) is 4. The number of carboxylic acid groups (broad SMARTS) is 1. The number of Topliss-reactive ketones (excluding diaryl/α,β-unsaturated/α-hetero) is 2. The summed E-state index contributed by atoms with van der Waals surface area (Å²) in [5, 5.41) is 8.47. The van der Waals surface area contributed by atoms with Crippen LogP contribution in [0, 0.1) is 6.92 Å². The zero-order valence-electron chi connectivity index (χ0n) is 11.5. The first-order valence-electron chi connectivity index (χ1n) is 6.39. The summed E-state index contributed by atoms with van der Waals surface area (Å²) in [5.41, 5.74) is 2.19. The molecular weight excluding hydrogens is 272 g/mol. The Balaban J connectivity index is 2.04. The highest BCUT2D eigenvalue weighted by Gasteiger charge is 2.20. The molecule has 5 nitrogen and oxygen atoms in total. The van der Waals surface area contributed by atoms with Gasteiger partial charge in [-0.25, -0.2) is 4.79 Å². The van der Waals surface area contributed by atoms with E-state index in [1.807, 2.05) is 31.2 Å². The Morgan fingerprint density at radius 2 is 1.71 bits per heavy atom. The average Bonchev–Trinajstić information content (AvgIpc) is 2.90. The summed E-state index contributed by atoms with van der Waals surface area (Å²) in [7, 11) is 0. The second-order valence-corrected chi connectivity index (χ2v) is 4.76. The summed E-state index contributed by atoms with van der Waals surface area (Å²) in [4.78, 5) is 33.1. The molecular formula is C16H14O5. The fraction of sp³-hybridized carbons (Fsp3) is 0.188. The third-order valence-electron chi connectivity index (χ3n) is 3.00. The first-order valence-corrected chi connectivity index (χ1v) is 6.39. The van der Waals surface area contributed by atoms with E-state index in [0.717, 1.165) is 11.1 Å². The highest BCUT2D eigenvalue weighted by Crippen LogP contribution is 2.15. The topological polar surface area (TPSA) is 84.6 Å². The van der Waals surface area contributed by atoms with Gasteiger partial charge in [-0.3, -0.25) is 9.59 Å². The minimum atomic E-state index is -1.62. The lowest BCUT2D eigenvalue weighted by Gasteiger charge is -1.99. The number of hydrogen-bond donors (Lipinski definition) is 1. The lowest BCUT2D eigenvalue weighted by molar-refractivity contribution is -0.148. The van der Waals surface area contributed by atoms with Gasteiger partial charge in [-0.2, -0.15) is 0 Å². The molecule has 0 fully saturated rings. The molecule has 0 bridgehead atoms. The van der Waals surface area contributed by atoms with Crippen LogP contribution >= 0.6 is 0 Å². The Bertz CT molecular complexity index is 679. The van der Waals surface area contributed by atoms with Crippen molar-refractivity contribution in [3.63, 3.8) is 0 Å². The van der Waals surface area contributed by atoms with E-state index in [9.17, 15) is 14.4 Å². The molecule has 1 N–H and O–H groups in total. The van der Waals surface area contributed by atoms with Crippen molar-refractivity contribution in [2.24, 2.45) is 0 Å². The van der Waals surface area contributed by atoms with Gasteiger partial charge in [0.1, 0.15) is 5.76 Å². The van der Waals surface area contributed by atoms with Crippen molar-refractivity contribution in [3.05, 3.63) is 59.0 Å². The molecule has 0 spiro atoms. The maximum atomic E-state index is 11.7. The van der Waals surface area contributed by atoms with E-state index in [4.69, 9.17) is 9.52 Å². The van der Waals surface area contributed by atoms with Gasteiger partial charge in [0.15, 0.2) is 5.76 Å². The van der Waals surface area contributed by atoms with Crippen LogP contribution < -0.4 is 0 Å². The Labute approximate surface area is 121 Å².